The number of rotatable bonds is 5. The van der Waals surface area contributed by atoms with Crippen molar-refractivity contribution in [2.75, 3.05) is 19.7 Å². The maximum atomic E-state index is 12.7. The fraction of sp³-hybridized carbons (Fsp3) is 0.462. The summed E-state index contributed by atoms with van der Waals surface area (Å²) in [5.74, 6) is 0.369. The number of nitriles is 1. The molecule has 0 aromatic heterocycles. The standard InChI is InChI=1S/C13H15ClN2O3S/c1-2-5-16(6-4-15)20(17,18)12-9-11(14)8-10-3-7-19-13(10)12/h8-9H,2-3,5-7H2,1H3. The van der Waals surface area contributed by atoms with Crippen molar-refractivity contribution in [1.82, 2.24) is 4.31 Å². The molecule has 0 radical (unpaired) electrons. The summed E-state index contributed by atoms with van der Waals surface area (Å²) in [7, 11) is -3.77. The van der Waals surface area contributed by atoms with Gasteiger partial charge in [-0.25, -0.2) is 8.42 Å². The molecule has 1 heterocycles. The molecule has 0 saturated heterocycles. The number of hydrogen-bond donors (Lipinski definition) is 0. The summed E-state index contributed by atoms with van der Waals surface area (Å²) in [4.78, 5) is 0.0567. The summed E-state index contributed by atoms with van der Waals surface area (Å²) in [6.45, 7) is 2.41. The van der Waals surface area contributed by atoms with E-state index >= 15 is 0 Å². The molecule has 5 nitrogen and oxygen atoms in total. The van der Waals surface area contributed by atoms with Crippen molar-refractivity contribution in [3.05, 3.63) is 22.7 Å². The van der Waals surface area contributed by atoms with Crippen LogP contribution in [0, 0.1) is 11.3 Å². The summed E-state index contributed by atoms with van der Waals surface area (Å²) in [5, 5.41) is 9.17. The number of sulfonamides is 1. The summed E-state index contributed by atoms with van der Waals surface area (Å²) < 4.78 is 31.9. The second kappa shape index (κ2) is 6.00. The van der Waals surface area contributed by atoms with Crippen molar-refractivity contribution in [2.45, 2.75) is 24.7 Å². The summed E-state index contributed by atoms with van der Waals surface area (Å²) in [6, 6.07) is 4.99. The van der Waals surface area contributed by atoms with Gasteiger partial charge in [0.15, 0.2) is 0 Å². The first-order valence-corrected chi connectivity index (χ1v) is 8.14. The van der Waals surface area contributed by atoms with Gasteiger partial charge < -0.3 is 4.74 Å². The number of fused-ring (bicyclic) bond motifs is 1. The monoisotopic (exact) mass is 314 g/mol. The maximum Gasteiger partial charge on any atom is 0.247 e. The fourth-order valence-electron chi connectivity index (χ4n) is 2.18. The highest BCUT2D eigenvalue weighted by Crippen LogP contribution is 2.37. The van der Waals surface area contributed by atoms with Crippen molar-refractivity contribution in [2.24, 2.45) is 0 Å². The lowest BCUT2D eigenvalue weighted by Gasteiger charge is -2.20. The van der Waals surface area contributed by atoms with E-state index in [1.54, 1.807) is 6.07 Å². The van der Waals surface area contributed by atoms with Gasteiger partial charge >= 0.3 is 0 Å². The first-order valence-electron chi connectivity index (χ1n) is 6.33. The van der Waals surface area contributed by atoms with E-state index in [2.05, 4.69) is 0 Å². The zero-order valence-corrected chi connectivity index (χ0v) is 12.7. The van der Waals surface area contributed by atoms with Crippen LogP contribution in [-0.2, 0) is 16.4 Å². The Morgan fingerprint density at radius 2 is 2.25 bits per heavy atom. The maximum absolute atomic E-state index is 12.7. The van der Waals surface area contributed by atoms with Gasteiger partial charge in [0.05, 0.1) is 12.7 Å². The van der Waals surface area contributed by atoms with Gasteiger partial charge in [-0.15, -0.1) is 0 Å². The van der Waals surface area contributed by atoms with Crippen LogP contribution in [0.4, 0.5) is 0 Å². The van der Waals surface area contributed by atoms with E-state index in [9.17, 15) is 8.42 Å². The van der Waals surface area contributed by atoms with E-state index in [1.165, 1.54) is 6.07 Å². The fourth-order valence-corrected chi connectivity index (χ4v) is 4.11. The van der Waals surface area contributed by atoms with E-state index in [4.69, 9.17) is 21.6 Å². The highest BCUT2D eigenvalue weighted by molar-refractivity contribution is 7.89. The van der Waals surface area contributed by atoms with E-state index in [1.807, 2.05) is 13.0 Å². The van der Waals surface area contributed by atoms with Gasteiger partial charge in [0.2, 0.25) is 10.0 Å². The molecular formula is C13H15ClN2O3S. The minimum Gasteiger partial charge on any atom is -0.492 e. The molecule has 1 aliphatic rings. The molecule has 1 aromatic rings. The minimum absolute atomic E-state index is 0.0567. The Hall–Kier alpha value is -1.29. The number of nitrogens with zero attached hydrogens (tertiary/aromatic N) is 2. The van der Waals surface area contributed by atoms with Gasteiger partial charge in [-0.1, -0.05) is 18.5 Å². The average molecular weight is 315 g/mol. The Kier molecular flexibility index (Phi) is 4.53. The van der Waals surface area contributed by atoms with Gasteiger partial charge in [0.25, 0.3) is 0 Å². The first-order chi connectivity index (χ1) is 9.50. The topological polar surface area (TPSA) is 70.4 Å². The third-order valence-corrected chi connectivity index (χ3v) is 5.12. The van der Waals surface area contributed by atoms with Gasteiger partial charge in [-0.2, -0.15) is 9.57 Å². The second-order valence-electron chi connectivity index (χ2n) is 4.49. The van der Waals surface area contributed by atoms with Crippen LogP contribution in [0.2, 0.25) is 5.02 Å². The molecule has 0 saturated carbocycles. The van der Waals surface area contributed by atoms with Crippen molar-refractivity contribution >= 4 is 21.6 Å². The molecule has 0 fully saturated rings. The highest BCUT2D eigenvalue weighted by Gasteiger charge is 2.31. The molecule has 1 aromatic carbocycles. The summed E-state index contributed by atoms with van der Waals surface area (Å²) >= 11 is 5.99. The van der Waals surface area contributed by atoms with Crippen molar-refractivity contribution in [1.29, 1.82) is 5.26 Å². The molecular weight excluding hydrogens is 300 g/mol. The van der Waals surface area contributed by atoms with E-state index in [-0.39, 0.29) is 18.0 Å². The third-order valence-electron chi connectivity index (χ3n) is 3.05. The molecule has 20 heavy (non-hydrogen) atoms. The Balaban J connectivity index is 2.52. The van der Waals surface area contributed by atoms with Crippen LogP contribution in [0.25, 0.3) is 0 Å². The molecule has 0 atom stereocenters. The summed E-state index contributed by atoms with van der Waals surface area (Å²) in [6.07, 6.45) is 1.27. The molecule has 0 unspecified atom stereocenters. The Labute approximate surface area is 123 Å². The lowest BCUT2D eigenvalue weighted by Crippen LogP contribution is -2.32. The molecule has 0 amide bonds. The van der Waals surface area contributed by atoms with Crippen LogP contribution in [-0.4, -0.2) is 32.4 Å². The van der Waals surface area contributed by atoms with Gasteiger partial charge in [0, 0.05) is 23.6 Å². The quantitative estimate of drug-likeness (QED) is 0.781. The minimum atomic E-state index is -3.77. The van der Waals surface area contributed by atoms with Gasteiger partial charge in [-0.3, -0.25) is 0 Å². The Morgan fingerprint density at radius 3 is 2.90 bits per heavy atom. The molecule has 1 aliphatic heterocycles. The molecule has 0 N–H and O–H groups in total. The van der Waals surface area contributed by atoms with Gasteiger partial charge in [-0.05, 0) is 18.6 Å². The number of hydrogen-bond acceptors (Lipinski definition) is 4. The molecule has 2 rings (SSSR count). The van der Waals surface area contributed by atoms with Crippen LogP contribution in [0.3, 0.4) is 0 Å². The third kappa shape index (κ3) is 2.75. The lowest BCUT2D eigenvalue weighted by molar-refractivity contribution is 0.346. The second-order valence-corrected chi connectivity index (χ2v) is 6.83. The SMILES string of the molecule is CCCN(CC#N)S(=O)(=O)c1cc(Cl)cc2c1OCC2. The Bertz CT molecular complexity index is 652. The van der Waals surface area contributed by atoms with Crippen molar-refractivity contribution < 1.29 is 13.2 Å². The Morgan fingerprint density at radius 1 is 1.50 bits per heavy atom. The molecule has 0 spiro atoms. The van der Waals surface area contributed by atoms with Gasteiger partial charge in [0.1, 0.15) is 17.2 Å². The average Bonchev–Trinajstić information content (AvgIpc) is 2.85. The molecule has 0 bridgehead atoms. The van der Waals surface area contributed by atoms with Crippen LogP contribution < -0.4 is 4.74 Å². The molecule has 7 heteroatoms. The number of benzene rings is 1. The van der Waals surface area contributed by atoms with Crippen LogP contribution in [0.15, 0.2) is 17.0 Å². The predicted molar refractivity (Wildman–Crippen MR) is 75.3 cm³/mol. The van der Waals surface area contributed by atoms with E-state index in [0.717, 1.165) is 9.87 Å². The lowest BCUT2D eigenvalue weighted by atomic mass is 10.2. The molecule has 108 valence electrons. The van der Waals surface area contributed by atoms with Crippen LogP contribution in [0.1, 0.15) is 18.9 Å². The molecule has 0 aliphatic carbocycles. The zero-order chi connectivity index (χ0) is 14.8. The van der Waals surface area contributed by atoms with E-state index < -0.39 is 10.0 Å². The van der Waals surface area contributed by atoms with Crippen molar-refractivity contribution in [3.8, 4) is 11.8 Å². The van der Waals surface area contributed by atoms with Crippen LogP contribution in [0.5, 0.6) is 5.75 Å². The predicted octanol–water partition coefficient (Wildman–Crippen LogP) is 2.20. The van der Waals surface area contributed by atoms with Crippen LogP contribution >= 0.6 is 11.6 Å². The normalized spacial score (nSPS) is 13.9. The number of ether oxygens (including phenoxy) is 1. The summed E-state index contributed by atoms with van der Waals surface area (Å²) in [5.41, 5.74) is 0.796. The highest BCUT2D eigenvalue weighted by atomic mass is 35.5. The number of halogens is 1. The van der Waals surface area contributed by atoms with E-state index in [0.29, 0.717) is 30.2 Å². The van der Waals surface area contributed by atoms with Crippen molar-refractivity contribution in [3.63, 3.8) is 0 Å². The zero-order valence-electron chi connectivity index (χ0n) is 11.1. The smallest absolute Gasteiger partial charge is 0.247 e. The largest absolute Gasteiger partial charge is 0.492 e. The first kappa shape index (κ1) is 15.1.